The molecule has 1 atom stereocenters. The Morgan fingerprint density at radius 1 is 1.06 bits per heavy atom. The number of aliphatic hydroxyl groups is 1. The third-order valence-corrected chi connectivity index (χ3v) is 3.16. The fourth-order valence-corrected chi connectivity index (χ4v) is 2.02. The largest absolute Gasteiger partial charge is 0.399 e. The van der Waals surface area contributed by atoms with Crippen LogP contribution in [0.25, 0.3) is 0 Å². The number of hydrogen-bond acceptors (Lipinski definition) is 2. The van der Waals surface area contributed by atoms with Gasteiger partial charge in [-0.25, -0.2) is 0 Å². The van der Waals surface area contributed by atoms with Crippen molar-refractivity contribution < 1.29 is 5.11 Å². The average Bonchev–Trinajstić information content (AvgIpc) is 2.39. The molecular formula is C16H19NO. The van der Waals surface area contributed by atoms with E-state index in [4.69, 9.17) is 5.73 Å². The quantitative estimate of drug-likeness (QED) is 0.808. The minimum atomic E-state index is -0.499. The topological polar surface area (TPSA) is 46.2 Å². The van der Waals surface area contributed by atoms with Crippen LogP contribution in [-0.2, 0) is 12.8 Å². The molecule has 94 valence electrons. The zero-order valence-electron chi connectivity index (χ0n) is 10.6. The van der Waals surface area contributed by atoms with E-state index in [1.165, 1.54) is 5.56 Å². The first-order valence-electron chi connectivity index (χ1n) is 6.30. The summed E-state index contributed by atoms with van der Waals surface area (Å²) in [6, 6.07) is 15.8. The molecule has 0 saturated heterocycles. The van der Waals surface area contributed by atoms with E-state index in [9.17, 15) is 5.11 Å². The molecule has 0 heterocycles. The minimum absolute atomic E-state index is 0.499. The molecule has 2 aromatic rings. The van der Waals surface area contributed by atoms with Crippen LogP contribution in [0.1, 0.15) is 29.7 Å². The lowest BCUT2D eigenvalue weighted by Gasteiger charge is -2.12. The van der Waals surface area contributed by atoms with E-state index in [-0.39, 0.29) is 0 Å². The lowest BCUT2D eigenvalue weighted by atomic mass is 10.00. The van der Waals surface area contributed by atoms with Gasteiger partial charge in [-0.2, -0.15) is 0 Å². The van der Waals surface area contributed by atoms with Gasteiger partial charge in [-0.3, -0.25) is 0 Å². The van der Waals surface area contributed by atoms with Crippen molar-refractivity contribution in [1.82, 2.24) is 0 Å². The van der Waals surface area contributed by atoms with E-state index < -0.39 is 6.10 Å². The average molecular weight is 241 g/mol. The fraction of sp³-hybridized carbons (Fsp3) is 0.250. The van der Waals surface area contributed by atoms with Crippen molar-refractivity contribution in [2.24, 2.45) is 0 Å². The predicted molar refractivity (Wildman–Crippen MR) is 75.3 cm³/mol. The van der Waals surface area contributed by atoms with Crippen LogP contribution in [-0.4, -0.2) is 5.11 Å². The first-order valence-corrected chi connectivity index (χ1v) is 6.30. The van der Waals surface area contributed by atoms with Gasteiger partial charge in [0.25, 0.3) is 0 Å². The number of anilines is 1. The molecule has 0 fully saturated rings. The van der Waals surface area contributed by atoms with Gasteiger partial charge in [0.1, 0.15) is 0 Å². The summed E-state index contributed by atoms with van der Waals surface area (Å²) in [6.07, 6.45) is 1.16. The fourth-order valence-electron chi connectivity index (χ4n) is 2.02. The second kappa shape index (κ2) is 5.69. The monoisotopic (exact) mass is 241 g/mol. The van der Waals surface area contributed by atoms with Crippen LogP contribution in [0, 0.1) is 0 Å². The number of rotatable bonds is 4. The van der Waals surface area contributed by atoms with Gasteiger partial charge >= 0.3 is 0 Å². The van der Waals surface area contributed by atoms with Gasteiger partial charge in [-0.15, -0.1) is 0 Å². The Balaban J connectivity index is 2.08. The van der Waals surface area contributed by atoms with E-state index in [0.717, 1.165) is 17.5 Å². The maximum atomic E-state index is 10.2. The molecule has 3 N–H and O–H groups in total. The summed E-state index contributed by atoms with van der Waals surface area (Å²) in [5.74, 6) is 0. The van der Waals surface area contributed by atoms with E-state index in [1.54, 1.807) is 0 Å². The molecule has 0 spiro atoms. The molecule has 0 amide bonds. The molecule has 2 nitrogen and oxygen atoms in total. The Labute approximate surface area is 108 Å². The molecule has 0 bridgehead atoms. The van der Waals surface area contributed by atoms with E-state index in [2.05, 4.69) is 31.2 Å². The van der Waals surface area contributed by atoms with Gasteiger partial charge in [0.05, 0.1) is 6.10 Å². The predicted octanol–water partition coefficient (Wildman–Crippen LogP) is 3.11. The van der Waals surface area contributed by atoms with Crippen molar-refractivity contribution in [1.29, 1.82) is 0 Å². The van der Waals surface area contributed by atoms with Gasteiger partial charge < -0.3 is 10.8 Å². The highest BCUT2D eigenvalue weighted by Crippen LogP contribution is 2.20. The van der Waals surface area contributed by atoms with Crippen molar-refractivity contribution in [2.45, 2.75) is 25.9 Å². The van der Waals surface area contributed by atoms with Gasteiger partial charge in [0.2, 0.25) is 0 Å². The van der Waals surface area contributed by atoms with Gasteiger partial charge in [0, 0.05) is 12.1 Å². The molecule has 18 heavy (non-hydrogen) atoms. The second-order valence-electron chi connectivity index (χ2n) is 4.56. The molecule has 0 aliphatic rings. The van der Waals surface area contributed by atoms with Crippen molar-refractivity contribution in [3.05, 3.63) is 65.2 Å². The molecule has 0 saturated carbocycles. The molecule has 0 aliphatic heterocycles. The van der Waals surface area contributed by atoms with Crippen molar-refractivity contribution >= 4 is 5.69 Å². The highest BCUT2D eigenvalue weighted by atomic mass is 16.3. The summed E-state index contributed by atoms with van der Waals surface area (Å²) >= 11 is 0. The zero-order chi connectivity index (χ0) is 13.0. The maximum Gasteiger partial charge on any atom is 0.0831 e. The molecule has 0 radical (unpaired) electrons. The minimum Gasteiger partial charge on any atom is -0.399 e. The normalized spacial score (nSPS) is 12.3. The molecular weight excluding hydrogens is 222 g/mol. The van der Waals surface area contributed by atoms with Crippen molar-refractivity contribution in [2.75, 3.05) is 5.73 Å². The Morgan fingerprint density at radius 2 is 1.72 bits per heavy atom. The number of hydrogen-bond donors (Lipinski definition) is 2. The zero-order valence-corrected chi connectivity index (χ0v) is 10.6. The van der Waals surface area contributed by atoms with Gasteiger partial charge in [0.15, 0.2) is 0 Å². The molecule has 0 aromatic heterocycles. The van der Waals surface area contributed by atoms with E-state index in [1.807, 2.05) is 24.3 Å². The SMILES string of the molecule is CCc1ccc(CC(O)c2cccc(N)c2)cc1. The summed E-state index contributed by atoms with van der Waals surface area (Å²) in [5, 5.41) is 10.2. The highest BCUT2D eigenvalue weighted by molar-refractivity contribution is 5.41. The molecule has 0 aliphatic carbocycles. The molecule has 1 unspecified atom stereocenters. The van der Waals surface area contributed by atoms with Crippen LogP contribution < -0.4 is 5.73 Å². The van der Waals surface area contributed by atoms with Crippen LogP contribution in [0.4, 0.5) is 5.69 Å². The lowest BCUT2D eigenvalue weighted by molar-refractivity contribution is 0.178. The number of aliphatic hydroxyl groups excluding tert-OH is 1. The Hall–Kier alpha value is -1.80. The molecule has 2 aromatic carbocycles. The summed E-state index contributed by atoms with van der Waals surface area (Å²) < 4.78 is 0. The van der Waals surface area contributed by atoms with E-state index >= 15 is 0 Å². The second-order valence-corrected chi connectivity index (χ2v) is 4.56. The summed E-state index contributed by atoms with van der Waals surface area (Å²) in [4.78, 5) is 0. The third-order valence-electron chi connectivity index (χ3n) is 3.16. The first kappa shape index (κ1) is 12.7. The Kier molecular flexibility index (Phi) is 4.00. The number of benzene rings is 2. The van der Waals surface area contributed by atoms with Crippen LogP contribution in [0.15, 0.2) is 48.5 Å². The van der Waals surface area contributed by atoms with Gasteiger partial charge in [-0.05, 0) is 35.2 Å². The first-order chi connectivity index (χ1) is 8.69. The van der Waals surface area contributed by atoms with Crippen molar-refractivity contribution in [3.8, 4) is 0 Å². The summed E-state index contributed by atoms with van der Waals surface area (Å²) in [7, 11) is 0. The number of nitrogens with two attached hydrogens (primary N) is 1. The third kappa shape index (κ3) is 3.11. The van der Waals surface area contributed by atoms with Crippen LogP contribution >= 0.6 is 0 Å². The Morgan fingerprint density at radius 3 is 2.33 bits per heavy atom. The smallest absolute Gasteiger partial charge is 0.0831 e. The Bertz CT molecular complexity index is 505. The summed E-state index contributed by atoms with van der Waals surface area (Å²) in [6.45, 7) is 2.14. The van der Waals surface area contributed by atoms with Crippen LogP contribution in [0.2, 0.25) is 0 Å². The highest BCUT2D eigenvalue weighted by Gasteiger charge is 2.08. The van der Waals surface area contributed by atoms with Crippen LogP contribution in [0.3, 0.4) is 0 Å². The maximum absolute atomic E-state index is 10.2. The standard InChI is InChI=1S/C16H19NO/c1-2-12-6-8-13(9-7-12)10-16(18)14-4-3-5-15(17)11-14/h3-9,11,16,18H,2,10,17H2,1H3. The molecule has 2 heteroatoms. The molecule has 2 rings (SSSR count). The summed E-state index contributed by atoms with van der Waals surface area (Å²) in [5.41, 5.74) is 9.73. The van der Waals surface area contributed by atoms with E-state index in [0.29, 0.717) is 12.1 Å². The van der Waals surface area contributed by atoms with Crippen LogP contribution in [0.5, 0.6) is 0 Å². The van der Waals surface area contributed by atoms with Gasteiger partial charge in [-0.1, -0.05) is 43.3 Å². The van der Waals surface area contributed by atoms with Crippen molar-refractivity contribution in [3.63, 3.8) is 0 Å². The number of aryl methyl sites for hydroxylation is 1. The number of nitrogen functional groups attached to an aromatic ring is 1. The lowest BCUT2D eigenvalue weighted by Crippen LogP contribution is -2.02.